The minimum Gasteiger partial charge on any atom is -0.480 e. The van der Waals surface area contributed by atoms with E-state index < -0.39 is 61.1 Å². The van der Waals surface area contributed by atoms with Gasteiger partial charge in [-0.1, -0.05) is 34.1 Å². The first kappa shape index (κ1) is 26.8. The van der Waals surface area contributed by atoms with Crippen molar-refractivity contribution in [3.63, 3.8) is 0 Å². The first-order valence-corrected chi connectivity index (χ1v) is 9.59. The van der Waals surface area contributed by atoms with E-state index in [-0.39, 0.29) is 11.8 Å². The highest BCUT2D eigenvalue weighted by atomic mass is 16.4. The molecular weight excluding hydrogens is 384 g/mol. The second-order valence-corrected chi connectivity index (χ2v) is 7.43. The third-order valence-electron chi connectivity index (χ3n) is 4.47. The van der Waals surface area contributed by atoms with E-state index in [1.54, 1.807) is 13.8 Å². The second kappa shape index (κ2) is 13.1. The summed E-state index contributed by atoms with van der Waals surface area (Å²) in [6.45, 7) is 5.59. The molecule has 0 heterocycles. The highest BCUT2D eigenvalue weighted by Crippen LogP contribution is 2.08. The summed E-state index contributed by atoms with van der Waals surface area (Å²) < 4.78 is 0. The molecule has 0 aromatic heterocycles. The van der Waals surface area contributed by atoms with Crippen LogP contribution in [-0.2, 0) is 19.2 Å². The van der Waals surface area contributed by atoms with Crippen LogP contribution in [0.5, 0.6) is 0 Å². The Morgan fingerprint density at radius 1 is 0.862 bits per heavy atom. The molecule has 8 N–H and O–H groups in total. The number of amides is 3. The van der Waals surface area contributed by atoms with Gasteiger partial charge in [-0.2, -0.15) is 0 Å². The van der Waals surface area contributed by atoms with E-state index in [9.17, 15) is 34.5 Å². The molecule has 5 atom stereocenters. The van der Waals surface area contributed by atoms with Crippen molar-refractivity contribution in [2.45, 2.75) is 64.7 Å². The largest absolute Gasteiger partial charge is 0.480 e. The van der Waals surface area contributed by atoms with Crippen molar-refractivity contribution < 1.29 is 34.5 Å². The molecule has 0 aromatic rings. The van der Waals surface area contributed by atoms with Crippen LogP contribution in [0, 0.1) is 11.8 Å². The molecule has 0 saturated heterocycles. The molecule has 0 aromatic carbocycles. The van der Waals surface area contributed by atoms with Gasteiger partial charge in [-0.15, -0.1) is 0 Å². The van der Waals surface area contributed by atoms with Crippen molar-refractivity contribution in [2.75, 3.05) is 13.2 Å². The monoisotopic (exact) mass is 418 g/mol. The van der Waals surface area contributed by atoms with E-state index in [1.807, 2.05) is 13.8 Å². The predicted molar refractivity (Wildman–Crippen MR) is 104 cm³/mol. The highest BCUT2D eigenvalue weighted by molar-refractivity contribution is 5.94. The van der Waals surface area contributed by atoms with Crippen LogP contribution in [0.25, 0.3) is 0 Å². The number of carboxylic acids is 1. The summed E-state index contributed by atoms with van der Waals surface area (Å²) in [7, 11) is 0. The lowest BCUT2D eigenvalue weighted by atomic mass is 9.99. The Morgan fingerprint density at radius 3 is 1.69 bits per heavy atom. The Balaban J connectivity index is 5.02. The van der Waals surface area contributed by atoms with Crippen molar-refractivity contribution in [3.05, 3.63) is 0 Å². The first-order chi connectivity index (χ1) is 13.5. The maximum absolute atomic E-state index is 12.3. The number of aliphatic hydroxyl groups is 2. The number of hydrogen-bond donors (Lipinski definition) is 7. The minimum atomic E-state index is -1.45. The maximum atomic E-state index is 12.3. The van der Waals surface area contributed by atoms with E-state index in [2.05, 4.69) is 16.0 Å². The first-order valence-electron chi connectivity index (χ1n) is 9.59. The average Bonchev–Trinajstić information content (AvgIpc) is 2.66. The third-order valence-corrected chi connectivity index (χ3v) is 4.47. The number of aliphatic hydroxyl groups excluding tert-OH is 2. The van der Waals surface area contributed by atoms with Crippen molar-refractivity contribution in [2.24, 2.45) is 17.6 Å². The van der Waals surface area contributed by atoms with Gasteiger partial charge in [-0.05, 0) is 18.3 Å². The van der Waals surface area contributed by atoms with Crippen LogP contribution < -0.4 is 21.7 Å². The Labute approximate surface area is 170 Å². The molecular formula is C18H34N4O7. The van der Waals surface area contributed by atoms with Crippen LogP contribution in [0.3, 0.4) is 0 Å². The zero-order valence-corrected chi connectivity index (χ0v) is 17.3. The van der Waals surface area contributed by atoms with E-state index in [0.29, 0.717) is 12.8 Å². The van der Waals surface area contributed by atoms with Gasteiger partial charge in [0.1, 0.15) is 18.1 Å². The molecule has 0 fully saturated rings. The Morgan fingerprint density at radius 2 is 1.31 bits per heavy atom. The number of carboxylic acid groups (broad SMARTS) is 1. The fourth-order valence-electron chi connectivity index (χ4n) is 2.49. The fraction of sp³-hybridized carbons (Fsp3) is 0.778. The number of nitrogens with two attached hydrogens (primary N) is 1. The molecule has 0 saturated carbocycles. The standard InChI is InChI=1S/C18H34N4O7/c1-5-10(4)14(18(28)29)22-17(27)13(8-24)21-16(26)12(7-23)20-15(25)11(19)6-9(2)3/h9-14,23-24H,5-8,19H2,1-4H3,(H,20,25)(H,21,26)(H,22,27)(H,28,29). The molecule has 0 rings (SSSR count). The number of hydrogen-bond acceptors (Lipinski definition) is 7. The number of nitrogens with one attached hydrogen (secondary N) is 3. The normalized spacial score (nSPS) is 16.3. The Kier molecular flexibility index (Phi) is 12.1. The molecule has 5 unspecified atom stereocenters. The summed E-state index contributed by atoms with van der Waals surface area (Å²) in [5, 5.41) is 34.8. The molecule has 0 aliphatic heterocycles. The fourth-order valence-corrected chi connectivity index (χ4v) is 2.49. The van der Waals surface area contributed by atoms with Crippen LogP contribution in [0.15, 0.2) is 0 Å². The Hall–Kier alpha value is -2.24. The van der Waals surface area contributed by atoms with Gasteiger partial charge in [0.15, 0.2) is 0 Å². The van der Waals surface area contributed by atoms with Crippen LogP contribution in [0.1, 0.15) is 40.5 Å². The molecule has 0 aliphatic rings. The molecule has 11 nitrogen and oxygen atoms in total. The molecule has 0 bridgehead atoms. The van der Waals surface area contributed by atoms with Gasteiger partial charge in [0.05, 0.1) is 19.3 Å². The lowest BCUT2D eigenvalue weighted by molar-refractivity contribution is -0.144. The van der Waals surface area contributed by atoms with Crippen molar-refractivity contribution in [1.82, 2.24) is 16.0 Å². The topological polar surface area (TPSA) is 191 Å². The van der Waals surface area contributed by atoms with Gasteiger partial charge in [0.25, 0.3) is 0 Å². The average molecular weight is 418 g/mol. The maximum Gasteiger partial charge on any atom is 0.326 e. The summed E-state index contributed by atoms with van der Waals surface area (Å²) in [5.74, 6) is -3.92. The summed E-state index contributed by atoms with van der Waals surface area (Å²) in [4.78, 5) is 48.0. The number of carbonyl (C=O) groups is 4. The van der Waals surface area contributed by atoms with Crippen molar-refractivity contribution >= 4 is 23.7 Å². The zero-order chi connectivity index (χ0) is 22.7. The van der Waals surface area contributed by atoms with Gasteiger partial charge >= 0.3 is 5.97 Å². The molecule has 11 heteroatoms. The highest BCUT2D eigenvalue weighted by Gasteiger charge is 2.31. The zero-order valence-electron chi connectivity index (χ0n) is 17.3. The number of rotatable bonds is 13. The van der Waals surface area contributed by atoms with Gasteiger partial charge in [0, 0.05) is 0 Å². The van der Waals surface area contributed by atoms with Crippen molar-refractivity contribution in [3.8, 4) is 0 Å². The van der Waals surface area contributed by atoms with Crippen LogP contribution in [0.2, 0.25) is 0 Å². The van der Waals surface area contributed by atoms with Crippen LogP contribution >= 0.6 is 0 Å². The lowest BCUT2D eigenvalue weighted by Crippen LogP contribution is -2.59. The van der Waals surface area contributed by atoms with Gasteiger partial charge in [0.2, 0.25) is 17.7 Å². The summed E-state index contributed by atoms with van der Waals surface area (Å²) in [6, 6.07) is -4.91. The van der Waals surface area contributed by atoms with E-state index >= 15 is 0 Å². The van der Waals surface area contributed by atoms with E-state index in [4.69, 9.17) is 5.73 Å². The summed E-state index contributed by atoms with van der Waals surface area (Å²) in [6.07, 6.45) is 0.863. The van der Waals surface area contributed by atoms with Gasteiger partial charge in [-0.3, -0.25) is 14.4 Å². The van der Waals surface area contributed by atoms with Gasteiger partial charge in [-0.25, -0.2) is 4.79 Å². The smallest absolute Gasteiger partial charge is 0.326 e. The summed E-state index contributed by atoms with van der Waals surface area (Å²) >= 11 is 0. The van der Waals surface area contributed by atoms with E-state index in [1.165, 1.54) is 0 Å². The molecule has 3 amide bonds. The van der Waals surface area contributed by atoms with Gasteiger partial charge < -0.3 is 37.0 Å². The molecule has 0 aliphatic carbocycles. The lowest BCUT2D eigenvalue weighted by Gasteiger charge is -2.25. The predicted octanol–water partition coefficient (Wildman–Crippen LogP) is -2.07. The number of aliphatic carboxylic acids is 1. The van der Waals surface area contributed by atoms with Crippen LogP contribution in [0.4, 0.5) is 0 Å². The van der Waals surface area contributed by atoms with Crippen molar-refractivity contribution in [1.29, 1.82) is 0 Å². The Bertz CT molecular complexity index is 570. The quantitative estimate of drug-likeness (QED) is 0.177. The molecule has 168 valence electrons. The molecule has 29 heavy (non-hydrogen) atoms. The summed E-state index contributed by atoms with van der Waals surface area (Å²) in [5.41, 5.74) is 5.74. The molecule has 0 spiro atoms. The third kappa shape index (κ3) is 9.20. The van der Waals surface area contributed by atoms with E-state index in [0.717, 1.165) is 0 Å². The molecule has 0 radical (unpaired) electrons. The minimum absolute atomic E-state index is 0.146. The SMILES string of the molecule is CCC(C)C(NC(=O)C(CO)NC(=O)C(CO)NC(=O)C(N)CC(C)C)C(=O)O. The van der Waals surface area contributed by atoms with Crippen LogP contribution in [-0.4, -0.2) is 76.4 Å². The number of carbonyl (C=O) groups excluding carboxylic acids is 3. The second-order valence-electron chi connectivity index (χ2n) is 7.43.